The third-order valence-electron chi connectivity index (χ3n) is 3.35. The molecule has 18 heavy (non-hydrogen) atoms. The van der Waals surface area contributed by atoms with Crippen molar-refractivity contribution in [2.75, 3.05) is 24.2 Å². The van der Waals surface area contributed by atoms with E-state index in [1.807, 2.05) is 11.9 Å². The number of nitrogens with two attached hydrogens (primary N) is 1. The standard InChI is InChI=1S/C14H22N2O2/c1-4-10(5-2)9-16(3)13-7-6-11(15)8-12(13)14(17)18/h6-8,10H,4-5,9,15H2,1-3H3,(H,17,18). The fraction of sp³-hybridized carbons (Fsp3) is 0.500. The molecule has 1 aromatic rings. The highest BCUT2D eigenvalue weighted by Gasteiger charge is 2.16. The van der Waals surface area contributed by atoms with Gasteiger partial charge in [0.15, 0.2) is 0 Å². The van der Waals surface area contributed by atoms with Gasteiger partial charge < -0.3 is 15.7 Å². The van der Waals surface area contributed by atoms with Gasteiger partial charge in [-0.15, -0.1) is 0 Å². The smallest absolute Gasteiger partial charge is 0.337 e. The second-order valence-corrected chi connectivity index (χ2v) is 4.64. The predicted octanol–water partition coefficient (Wildman–Crippen LogP) is 2.84. The molecule has 0 bridgehead atoms. The molecule has 100 valence electrons. The van der Waals surface area contributed by atoms with E-state index in [2.05, 4.69) is 13.8 Å². The summed E-state index contributed by atoms with van der Waals surface area (Å²) in [5.74, 6) is -0.358. The Kier molecular flexibility index (Phi) is 5.01. The van der Waals surface area contributed by atoms with Crippen molar-refractivity contribution < 1.29 is 9.90 Å². The van der Waals surface area contributed by atoms with Gasteiger partial charge >= 0.3 is 5.97 Å². The number of aromatic carboxylic acids is 1. The van der Waals surface area contributed by atoms with Gasteiger partial charge in [0.1, 0.15) is 0 Å². The summed E-state index contributed by atoms with van der Waals surface area (Å²) >= 11 is 0. The second kappa shape index (κ2) is 6.28. The molecule has 0 heterocycles. The van der Waals surface area contributed by atoms with Crippen molar-refractivity contribution in [1.29, 1.82) is 0 Å². The van der Waals surface area contributed by atoms with E-state index in [1.165, 1.54) is 6.07 Å². The Hall–Kier alpha value is -1.71. The Morgan fingerprint density at radius 1 is 1.39 bits per heavy atom. The molecule has 0 fully saturated rings. The third kappa shape index (κ3) is 3.39. The number of carboxylic acid groups (broad SMARTS) is 1. The van der Waals surface area contributed by atoms with E-state index in [1.54, 1.807) is 12.1 Å². The number of nitrogens with zero attached hydrogens (tertiary/aromatic N) is 1. The van der Waals surface area contributed by atoms with Crippen LogP contribution in [0.1, 0.15) is 37.0 Å². The van der Waals surface area contributed by atoms with Crippen molar-refractivity contribution in [3.05, 3.63) is 23.8 Å². The first-order chi connectivity index (χ1) is 8.49. The number of carboxylic acids is 1. The topological polar surface area (TPSA) is 66.6 Å². The number of carbonyl (C=O) groups is 1. The van der Waals surface area contributed by atoms with Crippen LogP contribution in [0.2, 0.25) is 0 Å². The number of nitrogen functional groups attached to an aromatic ring is 1. The molecule has 0 atom stereocenters. The van der Waals surface area contributed by atoms with Crippen LogP contribution in [0.5, 0.6) is 0 Å². The van der Waals surface area contributed by atoms with Crippen LogP contribution in [-0.4, -0.2) is 24.7 Å². The Balaban J connectivity index is 2.97. The highest BCUT2D eigenvalue weighted by atomic mass is 16.4. The van der Waals surface area contributed by atoms with Crippen LogP contribution < -0.4 is 10.6 Å². The van der Waals surface area contributed by atoms with Gasteiger partial charge in [-0.25, -0.2) is 4.79 Å². The first kappa shape index (κ1) is 14.4. The minimum absolute atomic E-state index is 0.267. The molecule has 3 N–H and O–H groups in total. The van der Waals surface area contributed by atoms with Gasteiger partial charge in [-0.05, 0) is 24.1 Å². The van der Waals surface area contributed by atoms with Gasteiger partial charge in [0.2, 0.25) is 0 Å². The van der Waals surface area contributed by atoms with E-state index in [0.29, 0.717) is 11.6 Å². The lowest BCUT2D eigenvalue weighted by Crippen LogP contribution is -2.26. The van der Waals surface area contributed by atoms with E-state index < -0.39 is 5.97 Å². The molecule has 0 saturated carbocycles. The molecule has 0 amide bonds. The highest BCUT2D eigenvalue weighted by Crippen LogP contribution is 2.24. The molecule has 1 aromatic carbocycles. The van der Waals surface area contributed by atoms with Crippen molar-refractivity contribution >= 4 is 17.3 Å². The molecular weight excluding hydrogens is 228 g/mol. The van der Waals surface area contributed by atoms with E-state index in [-0.39, 0.29) is 5.56 Å². The van der Waals surface area contributed by atoms with E-state index in [4.69, 9.17) is 5.73 Å². The maximum absolute atomic E-state index is 11.2. The Morgan fingerprint density at radius 2 is 2.00 bits per heavy atom. The largest absolute Gasteiger partial charge is 0.478 e. The molecule has 4 heteroatoms. The summed E-state index contributed by atoms with van der Waals surface area (Å²) in [6.07, 6.45) is 2.19. The maximum Gasteiger partial charge on any atom is 0.337 e. The number of hydrogen-bond donors (Lipinski definition) is 2. The molecule has 0 aliphatic carbocycles. The molecular formula is C14H22N2O2. The Labute approximate surface area is 108 Å². The Morgan fingerprint density at radius 3 is 2.50 bits per heavy atom. The molecule has 1 rings (SSSR count). The maximum atomic E-state index is 11.2. The van der Waals surface area contributed by atoms with Crippen molar-refractivity contribution in [2.45, 2.75) is 26.7 Å². The molecule has 0 spiro atoms. The van der Waals surface area contributed by atoms with Crippen LogP contribution in [0.15, 0.2) is 18.2 Å². The molecule has 0 unspecified atom stereocenters. The average molecular weight is 250 g/mol. The van der Waals surface area contributed by atoms with Crippen LogP contribution in [-0.2, 0) is 0 Å². The van der Waals surface area contributed by atoms with Crippen molar-refractivity contribution in [1.82, 2.24) is 0 Å². The number of rotatable bonds is 6. The van der Waals surface area contributed by atoms with Gasteiger partial charge in [0.25, 0.3) is 0 Å². The average Bonchev–Trinajstić information content (AvgIpc) is 2.35. The second-order valence-electron chi connectivity index (χ2n) is 4.64. The zero-order valence-electron chi connectivity index (χ0n) is 11.3. The summed E-state index contributed by atoms with van der Waals surface area (Å²) in [5, 5.41) is 9.21. The molecule has 0 aliphatic rings. The summed E-state index contributed by atoms with van der Waals surface area (Å²) in [5.41, 5.74) is 7.11. The minimum Gasteiger partial charge on any atom is -0.478 e. The zero-order valence-corrected chi connectivity index (χ0v) is 11.3. The first-order valence-corrected chi connectivity index (χ1v) is 6.33. The molecule has 0 aromatic heterocycles. The minimum atomic E-state index is -0.936. The predicted molar refractivity (Wildman–Crippen MR) is 75.2 cm³/mol. The van der Waals surface area contributed by atoms with Crippen LogP contribution in [0.4, 0.5) is 11.4 Å². The lowest BCUT2D eigenvalue weighted by atomic mass is 10.0. The Bertz CT molecular complexity index is 414. The van der Waals surface area contributed by atoms with Crippen LogP contribution in [0.25, 0.3) is 0 Å². The number of anilines is 2. The van der Waals surface area contributed by atoms with Crippen molar-refractivity contribution in [2.24, 2.45) is 5.92 Å². The van der Waals surface area contributed by atoms with Crippen LogP contribution >= 0.6 is 0 Å². The number of benzene rings is 1. The number of hydrogen-bond acceptors (Lipinski definition) is 3. The fourth-order valence-electron chi connectivity index (χ4n) is 2.09. The van der Waals surface area contributed by atoms with E-state index in [9.17, 15) is 9.90 Å². The molecule has 0 saturated heterocycles. The summed E-state index contributed by atoms with van der Waals surface area (Å²) < 4.78 is 0. The van der Waals surface area contributed by atoms with Gasteiger partial charge in [0, 0.05) is 19.3 Å². The fourth-order valence-corrected chi connectivity index (χ4v) is 2.09. The summed E-state index contributed by atoms with van der Waals surface area (Å²) in [6.45, 7) is 5.17. The first-order valence-electron chi connectivity index (χ1n) is 6.33. The molecule has 0 aliphatic heterocycles. The van der Waals surface area contributed by atoms with Crippen LogP contribution in [0, 0.1) is 5.92 Å². The van der Waals surface area contributed by atoms with Crippen LogP contribution in [0.3, 0.4) is 0 Å². The van der Waals surface area contributed by atoms with Gasteiger partial charge in [-0.3, -0.25) is 0 Å². The third-order valence-corrected chi connectivity index (χ3v) is 3.35. The van der Waals surface area contributed by atoms with Gasteiger partial charge in [-0.2, -0.15) is 0 Å². The SMILES string of the molecule is CCC(CC)CN(C)c1ccc(N)cc1C(=O)O. The van der Waals surface area contributed by atoms with Gasteiger partial charge in [-0.1, -0.05) is 26.7 Å². The summed E-state index contributed by atoms with van der Waals surface area (Å²) in [4.78, 5) is 13.2. The highest BCUT2D eigenvalue weighted by molar-refractivity contribution is 5.95. The summed E-state index contributed by atoms with van der Waals surface area (Å²) in [7, 11) is 1.93. The van der Waals surface area contributed by atoms with Crippen molar-refractivity contribution in [3.8, 4) is 0 Å². The molecule has 0 radical (unpaired) electrons. The normalized spacial score (nSPS) is 10.7. The lowest BCUT2D eigenvalue weighted by molar-refractivity contribution is 0.0697. The summed E-state index contributed by atoms with van der Waals surface area (Å²) in [6, 6.07) is 5.04. The lowest BCUT2D eigenvalue weighted by Gasteiger charge is -2.25. The zero-order chi connectivity index (χ0) is 13.7. The van der Waals surface area contributed by atoms with E-state index >= 15 is 0 Å². The monoisotopic (exact) mass is 250 g/mol. The van der Waals surface area contributed by atoms with E-state index in [0.717, 1.165) is 25.1 Å². The van der Waals surface area contributed by atoms with Crippen molar-refractivity contribution in [3.63, 3.8) is 0 Å². The van der Waals surface area contributed by atoms with Gasteiger partial charge in [0.05, 0.1) is 11.3 Å². The quantitative estimate of drug-likeness (QED) is 0.762. The molecule has 4 nitrogen and oxygen atoms in total.